The number of nitrogens with two attached hydrogens (primary N) is 1. The van der Waals surface area contributed by atoms with E-state index in [0.717, 1.165) is 34.5 Å². The van der Waals surface area contributed by atoms with Crippen LogP contribution in [0.25, 0.3) is 10.4 Å². The Morgan fingerprint density at radius 2 is 1.87 bits per heavy atom. The first-order chi connectivity index (χ1) is 18.0. The van der Waals surface area contributed by atoms with Crippen molar-refractivity contribution in [1.82, 2.24) is 20.5 Å². The van der Waals surface area contributed by atoms with Crippen LogP contribution in [0.4, 0.5) is 0 Å². The Kier molecular flexibility index (Phi) is 12.4. The number of hydrogen-bond donors (Lipinski definition) is 4. The van der Waals surface area contributed by atoms with Crippen molar-refractivity contribution in [2.24, 2.45) is 11.1 Å². The molecule has 1 aromatic carbocycles. The summed E-state index contributed by atoms with van der Waals surface area (Å²) in [5.41, 5.74) is 9.75. The van der Waals surface area contributed by atoms with Gasteiger partial charge in [0.2, 0.25) is 17.7 Å². The highest BCUT2D eigenvalue weighted by Gasteiger charge is 2.44. The molecule has 0 radical (unpaired) electrons. The number of hydrogen-bond acceptors (Lipinski definition) is 7. The van der Waals surface area contributed by atoms with Crippen molar-refractivity contribution in [3.63, 3.8) is 0 Å². The quantitative estimate of drug-likeness (QED) is 0.302. The average molecular weight is 580 g/mol. The molecular formula is C28H42ClN5O4S. The maximum atomic E-state index is 13.6. The first kappa shape index (κ1) is 32.7. The van der Waals surface area contributed by atoms with Crippen molar-refractivity contribution in [2.45, 2.75) is 84.5 Å². The van der Waals surface area contributed by atoms with Crippen molar-refractivity contribution in [2.75, 3.05) is 13.1 Å². The minimum Gasteiger partial charge on any atom is -0.391 e. The molecule has 3 unspecified atom stereocenters. The molecule has 2 heterocycles. The molecular weight excluding hydrogens is 538 g/mol. The molecule has 0 bridgehead atoms. The van der Waals surface area contributed by atoms with Gasteiger partial charge in [-0.3, -0.25) is 14.4 Å². The summed E-state index contributed by atoms with van der Waals surface area (Å²) >= 11 is 1.59. The number of amides is 3. The topological polar surface area (TPSA) is 138 Å². The second-order valence-corrected chi connectivity index (χ2v) is 11.9. The molecule has 5 N–H and O–H groups in total. The molecule has 3 rings (SSSR count). The maximum Gasteiger partial charge on any atom is 0.246 e. The predicted octanol–water partition coefficient (Wildman–Crippen LogP) is 3.17. The van der Waals surface area contributed by atoms with E-state index < -0.39 is 23.6 Å². The number of carbonyl (C=O) groups excluding carboxylic acids is 3. The summed E-state index contributed by atoms with van der Waals surface area (Å²) in [4.78, 5) is 46.2. The summed E-state index contributed by atoms with van der Waals surface area (Å²) in [5, 5.41) is 16.2. The van der Waals surface area contributed by atoms with Gasteiger partial charge in [-0.15, -0.1) is 23.7 Å². The van der Waals surface area contributed by atoms with Crippen LogP contribution in [0.2, 0.25) is 0 Å². The lowest BCUT2D eigenvalue weighted by molar-refractivity contribution is -0.144. The van der Waals surface area contributed by atoms with E-state index in [2.05, 4.69) is 15.6 Å². The molecule has 2 aromatic rings. The Balaban J connectivity index is 0.00000533. The zero-order valence-corrected chi connectivity index (χ0v) is 24.9. The van der Waals surface area contributed by atoms with Crippen LogP contribution in [0.1, 0.15) is 64.1 Å². The monoisotopic (exact) mass is 579 g/mol. The van der Waals surface area contributed by atoms with Crippen LogP contribution in [0.3, 0.4) is 0 Å². The summed E-state index contributed by atoms with van der Waals surface area (Å²) in [7, 11) is 0. The van der Waals surface area contributed by atoms with Gasteiger partial charge in [0.05, 0.1) is 22.2 Å². The van der Waals surface area contributed by atoms with E-state index in [4.69, 9.17) is 5.73 Å². The van der Waals surface area contributed by atoms with Crippen molar-refractivity contribution in [3.8, 4) is 10.4 Å². The predicted molar refractivity (Wildman–Crippen MR) is 156 cm³/mol. The molecule has 1 aliphatic heterocycles. The van der Waals surface area contributed by atoms with Gasteiger partial charge >= 0.3 is 0 Å². The van der Waals surface area contributed by atoms with Crippen LogP contribution >= 0.6 is 23.7 Å². The normalized spacial score (nSPS) is 17.8. The van der Waals surface area contributed by atoms with Gasteiger partial charge in [-0.25, -0.2) is 4.98 Å². The fourth-order valence-electron chi connectivity index (χ4n) is 4.62. The van der Waals surface area contributed by atoms with Gasteiger partial charge in [0.15, 0.2) is 0 Å². The van der Waals surface area contributed by atoms with E-state index in [1.807, 2.05) is 57.5 Å². The molecule has 1 fully saturated rings. The van der Waals surface area contributed by atoms with Crippen LogP contribution in [-0.2, 0) is 20.9 Å². The van der Waals surface area contributed by atoms with Gasteiger partial charge in [-0.2, -0.15) is 0 Å². The number of aliphatic hydroxyl groups is 1. The molecule has 39 heavy (non-hydrogen) atoms. The lowest BCUT2D eigenvalue weighted by Crippen LogP contribution is -2.57. The molecule has 1 aromatic heterocycles. The first-order valence-electron chi connectivity index (χ1n) is 13.3. The van der Waals surface area contributed by atoms with E-state index in [0.29, 0.717) is 25.9 Å². The van der Waals surface area contributed by atoms with Gasteiger partial charge in [-0.05, 0) is 42.9 Å². The fraction of sp³-hybridized carbons (Fsp3) is 0.571. The smallest absolute Gasteiger partial charge is 0.246 e. The Morgan fingerprint density at radius 1 is 1.18 bits per heavy atom. The lowest BCUT2D eigenvalue weighted by atomic mass is 9.85. The number of rotatable bonds is 11. The number of unbranched alkanes of at least 4 members (excludes halogenated alkanes) is 2. The summed E-state index contributed by atoms with van der Waals surface area (Å²) in [6, 6.07) is 6.31. The highest BCUT2D eigenvalue weighted by atomic mass is 35.5. The Labute approximate surface area is 241 Å². The number of likely N-dealkylation sites (tertiary alicyclic amines) is 1. The Bertz CT molecular complexity index is 1100. The molecule has 11 heteroatoms. The highest BCUT2D eigenvalue weighted by molar-refractivity contribution is 7.13. The Hall–Kier alpha value is -2.53. The van der Waals surface area contributed by atoms with Gasteiger partial charge in [0.1, 0.15) is 12.1 Å². The first-order valence-corrected chi connectivity index (χ1v) is 14.1. The van der Waals surface area contributed by atoms with E-state index in [9.17, 15) is 19.5 Å². The molecule has 216 valence electrons. The number of aromatic nitrogens is 1. The number of nitrogens with one attached hydrogen (secondary N) is 2. The number of halogens is 1. The number of aliphatic hydroxyl groups excluding tert-OH is 1. The molecule has 9 nitrogen and oxygen atoms in total. The molecule has 1 aliphatic rings. The van der Waals surface area contributed by atoms with E-state index in [1.54, 1.807) is 11.3 Å². The van der Waals surface area contributed by atoms with Gasteiger partial charge in [0.25, 0.3) is 0 Å². The molecule has 0 spiro atoms. The van der Waals surface area contributed by atoms with Crippen LogP contribution < -0.4 is 16.4 Å². The molecule has 1 saturated heterocycles. The van der Waals surface area contributed by atoms with Gasteiger partial charge < -0.3 is 26.4 Å². The minimum absolute atomic E-state index is 0. The fourth-order valence-corrected chi connectivity index (χ4v) is 5.43. The number of carbonyl (C=O) groups is 3. The second kappa shape index (κ2) is 14.7. The zero-order chi connectivity index (χ0) is 27.9. The molecule has 0 aliphatic carbocycles. The van der Waals surface area contributed by atoms with Crippen LogP contribution in [0.5, 0.6) is 0 Å². The second-order valence-electron chi connectivity index (χ2n) is 11.0. The van der Waals surface area contributed by atoms with E-state index in [-0.39, 0.29) is 43.1 Å². The van der Waals surface area contributed by atoms with Crippen LogP contribution in [0, 0.1) is 12.3 Å². The molecule has 3 atom stereocenters. The van der Waals surface area contributed by atoms with Gasteiger partial charge in [-0.1, -0.05) is 51.5 Å². The lowest BCUT2D eigenvalue weighted by Gasteiger charge is -2.35. The SMILES string of the molecule is Cc1ncsc1-c1ccc(CNC(=O)C2CC(O)CN2C(=O)C(NC(=O)CCCCCN)C(C)(C)C)cc1.Cl. The largest absolute Gasteiger partial charge is 0.391 e. The van der Waals surface area contributed by atoms with Crippen LogP contribution in [0.15, 0.2) is 29.8 Å². The number of β-amino-alcohol motifs (C(OH)–C–C–N with tert-alkyl or cyclic N) is 1. The third-order valence-corrected chi connectivity index (χ3v) is 7.80. The van der Waals surface area contributed by atoms with E-state index >= 15 is 0 Å². The summed E-state index contributed by atoms with van der Waals surface area (Å²) in [6.45, 7) is 8.55. The molecule has 3 amide bonds. The summed E-state index contributed by atoms with van der Waals surface area (Å²) in [6.07, 6.45) is 2.08. The number of aryl methyl sites for hydroxylation is 1. The summed E-state index contributed by atoms with van der Waals surface area (Å²) in [5.74, 6) is -0.875. The number of thiazole rings is 1. The van der Waals surface area contributed by atoms with Crippen LogP contribution in [-0.4, -0.2) is 64.0 Å². The standard InChI is InChI=1S/C28H41N5O4S.ClH/c1-18-24(38-17-31-18)20-11-9-19(10-12-20)15-30-26(36)22-14-21(34)16-33(22)27(37)25(28(2,3)4)32-23(35)8-6-5-7-13-29;/h9-12,17,21-22,25,34H,5-8,13-16,29H2,1-4H3,(H,30,36)(H,32,35);1H. The van der Waals surface area contributed by atoms with E-state index in [1.165, 1.54) is 4.90 Å². The van der Waals surface area contributed by atoms with Crippen molar-refractivity contribution in [3.05, 3.63) is 41.0 Å². The maximum absolute atomic E-state index is 13.6. The molecule has 0 saturated carbocycles. The number of benzene rings is 1. The number of nitrogens with zero attached hydrogens (tertiary/aromatic N) is 2. The summed E-state index contributed by atoms with van der Waals surface area (Å²) < 4.78 is 0. The zero-order valence-electron chi connectivity index (χ0n) is 23.2. The van der Waals surface area contributed by atoms with Crippen molar-refractivity contribution in [1.29, 1.82) is 0 Å². The minimum atomic E-state index is -0.812. The van der Waals surface area contributed by atoms with Gasteiger partial charge in [0, 0.05) is 25.9 Å². The van der Waals surface area contributed by atoms with Crippen molar-refractivity contribution < 1.29 is 19.5 Å². The average Bonchev–Trinajstić information content (AvgIpc) is 3.48. The Morgan fingerprint density at radius 3 is 2.46 bits per heavy atom. The third kappa shape index (κ3) is 8.99. The highest BCUT2D eigenvalue weighted by Crippen LogP contribution is 2.28. The van der Waals surface area contributed by atoms with Crippen molar-refractivity contribution >= 4 is 41.5 Å². The third-order valence-electron chi connectivity index (χ3n) is 6.82.